The fourth-order valence-electron chi connectivity index (χ4n) is 0.937. The summed E-state index contributed by atoms with van der Waals surface area (Å²) in [6, 6.07) is 0.228. The summed E-state index contributed by atoms with van der Waals surface area (Å²) in [6.07, 6.45) is 1.07. The molecule has 0 aromatic carbocycles. The first kappa shape index (κ1) is 15.8. The van der Waals surface area contributed by atoms with E-state index in [-0.39, 0.29) is 24.1 Å². The van der Waals surface area contributed by atoms with E-state index in [9.17, 15) is 16.8 Å². The maximum atomic E-state index is 11.4. The van der Waals surface area contributed by atoms with Crippen molar-refractivity contribution in [1.82, 2.24) is 10.0 Å². The van der Waals surface area contributed by atoms with Crippen LogP contribution in [-0.2, 0) is 19.9 Å². The lowest BCUT2D eigenvalue weighted by atomic mass is 10.4. The zero-order chi connectivity index (χ0) is 12.8. The van der Waals surface area contributed by atoms with Crippen LogP contribution < -0.4 is 10.0 Å². The number of rotatable bonds is 8. The van der Waals surface area contributed by atoms with Crippen molar-refractivity contribution in [1.29, 1.82) is 0 Å². The summed E-state index contributed by atoms with van der Waals surface area (Å²) in [4.78, 5) is 0. The normalized spacial score (nSPS) is 13.2. The maximum absolute atomic E-state index is 11.4. The van der Waals surface area contributed by atoms with Crippen LogP contribution in [0.2, 0.25) is 0 Å². The minimum absolute atomic E-state index is 0.0467. The fraction of sp³-hybridized carbons (Fsp3) is 1.00. The van der Waals surface area contributed by atoms with Crippen LogP contribution in [0.3, 0.4) is 0 Å². The van der Waals surface area contributed by atoms with E-state index in [0.717, 1.165) is 6.26 Å². The first-order chi connectivity index (χ1) is 7.12. The molecule has 0 bridgehead atoms. The Bertz CT molecular complexity index is 386. The molecule has 0 fully saturated rings. The Balaban J connectivity index is 3.89. The highest BCUT2D eigenvalue weighted by atomic mass is 32.2. The topological polar surface area (TPSA) is 92.3 Å². The zero-order valence-electron chi connectivity index (χ0n) is 9.86. The van der Waals surface area contributed by atoms with Crippen molar-refractivity contribution in [3.05, 3.63) is 0 Å². The fourth-order valence-corrected chi connectivity index (χ4v) is 2.48. The van der Waals surface area contributed by atoms with Crippen LogP contribution >= 0.6 is 0 Å². The monoisotopic (exact) mass is 272 g/mol. The number of sulfonamides is 1. The molecular formula is C8H20N2O4S2. The second-order valence-electron chi connectivity index (χ2n) is 3.95. The molecule has 0 aliphatic heterocycles. The Morgan fingerprint density at radius 1 is 1.00 bits per heavy atom. The number of hydrogen-bond donors (Lipinski definition) is 2. The SMILES string of the molecule is CC(C)NCCS(=O)(=O)NCCS(C)(=O)=O. The first-order valence-electron chi connectivity index (χ1n) is 5.01. The molecule has 0 aliphatic rings. The molecule has 2 N–H and O–H groups in total. The van der Waals surface area contributed by atoms with E-state index in [1.165, 1.54) is 0 Å². The third kappa shape index (κ3) is 10.3. The second-order valence-corrected chi connectivity index (χ2v) is 8.14. The molecule has 0 rings (SSSR count). The Hall–Kier alpha value is -0.180. The summed E-state index contributed by atoms with van der Waals surface area (Å²) >= 11 is 0. The molecule has 0 amide bonds. The Labute approximate surface area is 97.8 Å². The third-order valence-electron chi connectivity index (χ3n) is 1.72. The summed E-state index contributed by atoms with van der Waals surface area (Å²) in [7, 11) is -6.50. The van der Waals surface area contributed by atoms with Gasteiger partial charge in [-0.05, 0) is 0 Å². The number of hydrogen-bond acceptors (Lipinski definition) is 5. The lowest BCUT2D eigenvalue weighted by Crippen LogP contribution is -2.36. The Kier molecular flexibility index (Phi) is 6.46. The Morgan fingerprint density at radius 3 is 2.00 bits per heavy atom. The molecule has 0 heterocycles. The second kappa shape index (κ2) is 6.53. The number of sulfone groups is 1. The van der Waals surface area contributed by atoms with Gasteiger partial charge in [0.2, 0.25) is 10.0 Å². The van der Waals surface area contributed by atoms with Crippen molar-refractivity contribution in [3.8, 4) is 0 Å². The van der Waals surface area contributed by atoms with Crippen molar-refractivity contribution in [2.45, 2.75) is 19.9 Å². The summed E-state index contributed by atoms with van der Waals surface area (Å²) in [5.74, 6) is -0.223. The van der Waals surface area contributed by atoms with Crippen molar-refractivity contribution >= 4 is 19.9 Å². The van der Waals surface area contributed by atoms with Crippen molar-refractivity contribution in [2.24, 2.45) is 0 Å². The minimum Gasteiger partial charge on any atom is -0.313 e. The predicted octanol–water partition coefficient (Wildman–Crippen LogP) is -1.05. The summed E-state index contributed by atoms with van der Waals surface area (Å²) in [6.45, 7) is 4.13. The highest BCUT2D eigenvalue weighted by Gasteiger charge is 2.11. The molecule has 8 heteroatoms. The van der Waals surface area contributed by atoms with Crippen LogP contribution in [0.1, 0.15) is 13.8 Å². The van der Waals surface area contributed by atoms with E-state index in [1.807, 2.05) is 13.8 Å². The standard InChI is InChI=1S/C8H20N2O4S2/c1-8(2)9-4-7-16(13,14)10-5-6-15(3,11)12/h8-10H,4-7H2,1-3H3. The summed E-state index contributed by atoms with van der Waals surface area (Å²) in [5.41, 5.74) is 0. The lowest BCUT2D eigenvalue weighted by Gasteiger charge is -2.09. The average Bonchev–Trinajstić information content (AvgIpc) is 1.99. The van der Waals surface area contributed by atoms with E-state index in [4.69, 9.17) is 0 Å². The van der Waals surface area contributed by atoms with E-state index < -0.39 is 19.9 Å². The van der Waals surface area contributed by atoms with E-state index >= 15 is 0 Å². The third-order valence-corrected chi connectivity index (χ3v) is 4.05. The van der Waals surface area contributed by atoms with Gasteiger partial charge in [-0.15, -0.1) is 0 Å². The molecule has 0 aromatic rings. The van der Waals surface area contributed by atoms with Crippen molar-refractivity contribution in [3.63, 3.8) is 0 Å². The highest BCUT2D eigenvalue weighted by molar-refractivity contribution is 7.91. The molecule has 0 atom stereocenters. The molecule has 0 unspecified atom stereocenters. The quantitative estimate of drug-likeness (QED) is 0.588. The highest BCUT2D eigenvalue weighted by Crippen LogP contribution is 1.86. The molecule has 16 heavy (non-hydrogen) atoms. The van der Waals surface area contributed by atoms with Crippen LogP contribution in [0.15, 0.2) is 0 Å². The van der Waals surface area contributed by atoms with Crippen molar-refractivity contribution in [2.75, 3.05) is 30.9 Å². The van der Waals surface area contributed by atoms with Gasteiger partial charge in [0.1, 0.15) is 9.84 Å². The molecule has 0 aromatic heterocycles. The van der Waals surface area contributed by atoms with E-state index in [1.54, 1.807) is 0 Å². The Morgan fingerprint density at radius 2 is 1.56 bits per heavy atom. The van der Waals surface area contributed by atoms with E-state index in [2.05, 4.69) is 10.0 Å². The molecule has 0 saturated heterocycles. The average molecular weight is 272 g/mol. The summed E-state index contributed by atoms with van der Waals surface area (Å²) in [5, 5.41) is 2.97. The van der Waals surface area contributed by atoms with Crippen LogP contribution in [-0.4, -0.2) is 53.7 Å². The van der Waals surface area contributed by atoms with Gasteiger partial charge in [-0.3, -0.25) is 0 Å². The molecule has 6 nitrogen and oxygen atoms in total. The first-order valence-corrected chi connectivity index (χ1v) is 8.72. The van der Waals surface area contributed by atoms with Gasteiger partial charge in [0.05, 0.1) is 11.5 Å². The largest absolute Gasteiger partial charge is 0.313 e. The summed E-state index contributed by atoms with van der Waals surface area (Å²) < 4.78 is 46.5. The molecule has 0 spiro atoms. The van der Waals surface area contributed by atoms with Gasteiger partial charge in [0.25, 0.3) is 0 Å². The van der Waals surface area contributed by atoms with E-state index in [0.29, 0.717) is 6.54 Å². The zero-order valence-corrected chi connectivity index (χ0v) is 11.5. The van der Waals surface area contributed by atoms with Crippen LogP contribution in [0.5, 0.6) is 0 Å². The lowest BCUT2D eigenvalue weighted by molar-refractivity contribution is 0.568. The molecule has 0 aliphatic carbocycles. The van der Waals surface area contributed by atoms with Gasteiger partial charge in [0, 0.05) is 25.4 Å². The van der Waals surface area contributed by atoms with Crippen LogP contribution in [0, 0.1) is 0 Å². The molecular weight excluding hydrogens is 252 g/mol. The maximum Gasteiger partial charge on any atom is 0.212 e. The van der Waals surface area contributed by atoms with Gasteiger partial charge in [0.15, 0.2) is 0 Å². The van der Waals surface area contributed by atoms with Gasteiger partial charge in [-0.25, -0.2) is 21.6 Å². The van der Waals surface area contributed by atoms with Gasteiger partial charge >= 0.3 is 0 Å². The minimum atomic E-state index is -3.38. The van der Waals surface area contributed by atoms with Crippen LogP contribution in [0.4, 0.5) is 0 Å². The smallest absolute Gasteiger partial charge is 0.212 e. The van der Waals surface area contributed by atoms with Crippen molar-refractivity contribution < 1.29 is 16.8 Å². The van der Waals surface area contributed by atoms with Gasteiger partial charge in [-0.2, -0.15) is 0 Å². The molecule has 0 saturated carbocycles. The van der Waals surface area contributed by atoms with Gasteiger partial charge in [-0.1, -0.05) is 13.8 Å². The van der Waals surface area contributed by atoms with Gasteiger partial charge < -0.3 is 5.32 Å². The molecule has 98 valence electrons. The predicted molar refractivity (Wildman–Crippen MR) is 64.6 cm³/mol. The number of nitrogens with one attached hydrogen (secondary N) is 2. The molecule has 0 radical (unpaired) electrons. The van der Waals surface area contributed by atoms with Crippen LogP contribution in [0.25, 0.3) is 0 Å².